The van der Waals surface area contributed by atoms with Gasteiger partial charge in [-0.1, -0.05) is 0 Å². The van der Waals surface area contributed by atoms with E-state index < -0.39 is 0 Å². The lowest BCUT2D eigenvalue weighted by atomic mass is 10.2. The Balaban J connectivity index is 2.44. The molecule has 0 radical (unpaired) electrons. The first-order valence-corrected chi connectivity index (χ1v) is 6.19. The monoisotopic (exact) mass is 250 g/mol. The van der Waals surface area contributed by atoms with E-state index in [1.165, 1.54) is 11.5 Å². The Labute approximate surface area is 98.5 Å². The molecule has 0 saturated heterocycles. The summed E-state index contributed by atoms with van der Waals surface area (Å²) in [5.74, 6) is 0. The van der Waals surface area contributed by atoms with Crippen LogP contribution < -0.4 is 0 Å². The fourth-order valence-electron chi connectivity index (χ4n) is 1.66. The van der Waals surface area contributed by atoms with Crippen LogP contribution in [0.2, 0.25) is 0 Å². The molecule has 0 fully saturated rings. The molecule has 1 aromatic carbocycles. The van der Waals surface area contributed by atoms with Crippen LogP contribution in [0.3, 0.4) is 0 Å². The number of thiophene rings is 1. The summed E-state index contributed by atoms with van der Waals surface area (Å²) in [6, 6.07) is 4.99. The first-order chi connectivity index (χ1) is 7.66. The summed E-state index contributed by atoms with van der Waals surface area (Å²) >= 11 is 3.05. The summed E-state index contributed by atoms with van der Waals surface area (Å²) < 4.78 is 7.54. The third-order valence-corrected chi connectivity index (χ3v) is 4.82. The molecule has 6 heteroatoms. The van der Waals surface area contributed by atoms with E-state index in [1.54, 1.807) is 23.5 Å². The van der Waals surface area contributed by atoms with Crippen LogP contribution in [0.1, 0.15) is 5.69 Å². The molecule has 3 aromatic rings. The summed E-state index contributed by atoms with van der Waals surface area (Å²) in [5.41, 5.74) is 1.14. The zero-order chi connectivity index (χ0) is 11.3. The predicted octanol–water partition coefficient (Wildman–Crippen LogP) is 3.73. The second kappa shape index (κ2) is 3.23. The third-order valence-electron chi connectivity index (χ3n) is 2.44. The highest BCUT2D eigenvalue weighted by molar-refractivity contribution is 7.31. The second-order valence-electron chi connectivity index (χ2n) is 3.47. The number of aryl methyl sites for hydroxylation is 1. The van der Waals surface area contributed by atoms with Crippen LogP contribution in [0, 0.1) is 17.0 Å². The number of nitro benzene ring substituents is 1. The molecule has 80 valence electrons. The van der Waals surface area contributed by atoms with Crippen molar-refractivity contribution in [3.05, 3.63) is 34.0 Å². The molecule has 0 aliphatic heterocycles. The Bertz CT molecular complexity index is 714. The summed E-state index contributed by atoms with van der Waals surface area (Å²) in [5, 5.41) is 11.6. The normalized spacial score (nSPS) is 11.3. The van der Waals surface area contributed by atoms with Crippen LogP contribution in [0.5, 0.6) is 0 Å². The highest BCUT2D eigenvalue weighted by atomic mass is 32.1. The first-order valence-electron chi connectivity index (χ1n) is 4.60. The van der Waals surface area contributed by atoms with Crippen molar-refractivity contribution in [1.82, 2.24) is 4.37 Å². The minimum absolute atomic E-state index is 0.137. The van der Waals surface area contributed by atoms with E-state index in [-0.39, 0.29) is 10.6 Å². The summed E-state index contributed by atoms with van der Waals surface area (Å²) in [7, 11) is 0. The largest absolute Gasteiger partial charge is 0.270 e. The van der Waals surface area contributed by atoms with Crippen molar-refractivity contribution >= 4 is 48.0 Å². The molecule has 2 heterocycles. The van der Waals surface area contributed by atoms with Crippen molar-refractivity contribution in [2.24, 2.45) is 0 Å². The van der Waals surface area contributed by atoms with Gasteiger partial charge < -0.3 is 0 Å². The van der Waals surface area contributed by atoms with Crippen LogP contribution >= 0.6 is 22.9 Å². The lowest BCUT2D eigenvalue weighted by molar-refractivity contribution is -0.384. The van der Waals surface area contributed by atoms with Gasteiger partial charge in [-0.3, -0.25) is 10.1 Å². The van der Waals surface area contributed by atoms with E-state index in [1.807, 2.05) is 13.0 Å². The van der Waals surface area contributed by atoms with Gasteiger partial charge in [-0.2, -0.15) is 4.37 Å². The van der Waals surface area contributed by atoms with Crippen molar-refractivity contribution < 1.29 is 4.92 Å². The Morgan fingerprint density at radius 2 is 2.19 bits per heavy atom. The third kappa shape index (κ3) is 1.23. The molecule has 0 aliphatic carbocycles. The maximum atomic E-state index is 10.7. The number of hydrogen-bond acceptors (Lipinski definition) is 5. The Kier molecular flexibility index (Phi) is 1.95. The van der Waals surface area contributed by atoms with Gasteiger partial charge in [-0.25, -0.2) is 0 Å². The van der Waals surface area contributed by atoms with Gasteiger partial charge in [0, 0.05) is 22.2 Å². The summed E-state index contributed by atoms with van der Waals surface area (Å²) in [4.78, 5) is 10.3. The number of nitro groups is 1. The number of non-ortho nitro benzene ring substituents is 1. The van der Waals surface area contributed by atoms with Crippen LogP contribution in [0.25, 0.3) is 19.5 Å². The number of fused-ring (bicyclic) bond motifs is 3. The summed E-state index contributed by atoms with van der Waals surface area (Å²) in [6.07, 6.45) is 0. The number of benzene rings is 1. The van der Waals surface area contributed by atoms with E-state index in [0.717, 1.165) is 25.2 Å². The van der Waals surface area contributed by atoms with Gasteiger partial charge in [-0.15, -0.1) is 11.3 Å². The van der Waals surface area contributed by atoms with Crippen molar-refractivity contribution in [3.8, 4) is 0 Å². The lowest BCUT2D eigenvalue weighted by Crippen LogP contribution is -1.85. The minimum Gasteiger partial charge on any atom is -0.258 e. The number of rotatable bonds is 1. The lowest BCUT2D eigenvalue weighted by Gasteiger charge is -1.90. The molecule has 0 bridgehead atoms. The molecular formula is C10H6N2O2S2. The SMILES string of the molecule is Cc1nsc2c1sc1ccc([N+](=O)[O-])cc12. The smallest absolute Gasteiger partial charge is 0.258 e. The average Bonchev–Trinajstić information content (AvgIpc) is 2.78. The Morgan fingerprint density at radius 3 is 2.94 bits per heavy atom. The van der Waals surface area contributed by atoms with E-state index in [0.29, 0.717) is 0 Å². The Hall–Kier alpha value is -1.53. The van der Waals surface area contributed by atoms with E-state index in [9.17, 15) is 10.1 Å². The molecule has 3 rings (SSSR count). The molecular weight excluding hydrogens is 244 g/mol. The van der Waals surface area contributed by atoms with Crippen LogP contribution in [-0.4, -0.2) is 9.30 Å². The fraction of sp³-hybridized carbons (Fsp3) is 0.100. The molecule has 0 N–H and O–H groups in total. The second-order valence-corrected chi connectivity index (χ2v) is 5.29. The topological polar surface area (TPSA) is 56.0 Å². The van der Waals surface area contributed by atoms with Crippen LogP contribution in [0.4, 0.5) is 5.69 Å². The molecule has 0 aliphatic rings. The molecule has 16 heavy (non-hydrogen) atoms. The van der Waals surface area contributed by atoms with E-state index in [2.05, 4.69) is 4.37 Å². The van der Waals surface area contributed by atoms with Crippen molar-refractivity contribution in [2.75, 3.05) is 0 Å². The number of aromatic nitrogens is 1. The first kappa shape index (κ1) is 9.68. The van der Waals surface area contributed by atoms with Gasteiger partial charge in [-0.05, 0) is 24.5 Å². The number of hydrogen-bond donors (Lipinski definition) is 0. The standard InChI is InChI=1S/C10H6N2O2S2/c1-5-9-10(16-11-5)7-4-6(12(13)14)2-3-8(7)15-9/h2-4H,1H3. The van der Waals surface area contributed by atoms with Crippen molar-refractivity contribution in [3.63, 3.8) is 0 Å². The molecule has 4 nitrogen and oxygen atoms in total. The minimum atomic E-state index is -0.364. The maximum absolute atomic E-state index is 10.7. The van der Waals surface area contributed by atoms with E-state index in [4.69, 9.17) is 0 Å². The van der Waals surface area contributed by atoms with Gasteiger partial charge in [0.2, 0.25) is 0 Å². The van der Waals surface area contributed by atoms with Gasteiger partial charge in [0.1, 0.15) is 0 Å². The van der Waals surface area contributed by atoms with Gasteiger partial charge in [0.25, 0.3) is 5.69 Å². The highest BCUT2D eigenvalue weighted by Crippen LogP contribution is 2.39. The quantitative estimate of drug-likeness (QED) is 0.488. The molecule has 0 atom stereocenters. The van der Waals surface area contributed by atoms with Crippen molar-refractivity contribution in [1.29, 1.82) is 0 Å². The molecule has 0 spiro atoms. The number of nitrogens with zero attached hydrogens (tertiary/aromatic N) is 2. The van der Waals surface area contributed by atoms with Gasteiger partial charge in [0.15, 0.2) is 0 Å². The molecule has 0 unspecified atom stereocenters. The van der Waals surface area contributed by atoms with Gasteiger partial charge in [0.05, 0.1) is 20.0 Å². The molecule has 0 amide bonds. The van der Waals surface area contributed by atoms with Crippen molar-refractivity contribution in [2.45, 2.75) is 6.92 Å². The average molecular weight is 250 g/mol. The van der Waals surface area contributed by atoms with E-state index >= 15 is 0 Å². The predicted molar refractivity (Wildman–Crippen MR) is 66.4 cm³/mol. The van der Waals surface area contributed by atoms with Gasteiger partial charge >= 0.3 is 0 Å². The summed E-state index contributed by atoms with van der Waals surface area (Å²) in [6.45, 7) is 1.96. The molecule has 2 aromatic heterocycles. The van der Waals surface area contributed by atoms with Crippen LogP contribution in [-0.2, 0) is 0 Å². The van der Waals surface area contributed by atoms with Crippen LogP contribution in [0.15, 0.2) is 18.2 Å². The Morgan fingerprint density at radius 1 is 1.38 bits per heavy atom. The zero-order valence-corrected chi connectivity index (χ0v) is 9.89. The zero-order valence-electron chi connectivity index (χ0n) is 8.26. The highest BCUT2D eigenvalue weighted by Gasteiger charge is 2.13. The maximum Gasteiger partial charge on any atom is 0.270 e. The fourth-order valence-corrected chi connectivity index (χ4v) is 3.86. The molecule has 0 saturated carbocycles.